The lowest BCUT2D eigenvalue weighted by Gasteiger charge is -2.44. The molecule has 0 spiro atoms. The van der Waals surface area contributed by atoms with Crippen LogP contribution in [0.15, 0.2) is 0 Å². The minimum absolute atomic E-state index is 0.0256. The van der Waals surface area contributed by atoms with Crippen molar-refractivity contribution in [1.82, 2.24) is 4.90 Å². The quantitative estimate of drug-likeness (QED) is 0.0452. The van der Waals surface area contributed by atoms with Gasteiger partial charge in [-0.2, -0.15) is 0 Å². The van der Waals surface area contributed by atoms with E-state index in [1.165, 1.54) is 11.9 Å². The predicted octanol–water partition coefficient (Wildman–Crippen LogP) is -13.4. The van der Waals surface area contributed by atoms with Gasteiger partial charge >= 0.3 is 5.97 Å². The zero-order chi connectivity index (χ0) is 52.8. The first-order valence-corrected chi connectivity index (χ1v) is 22.5. The fourth-order valence-corrected chi connectivity index (χ4v) is 8.11. The summed E-state index contributed by atoms with van der Waals surface area (Å²) in [5.41, 5.74) is 0. The van der Waals surface area contributed by atoms with Crippen LogP contribution < -0.4 is 0 Å². The Kier molecular flexibility index (Phi) is 22.7. The number of likely N-dealkylation sites (N-methyl/N-ethyl adjacent to an activating group) is 1. The van der Waals surface area contributed by atoms with Crippen LogP contribution in [-0.4, -0.2) is 345 Å². The number of ether oxygens (including phenoxy) is 10. The van der Waals surface area contributed by atoms with Crippen LogP contribution in [0.5, 0.6) is 0 Å². The van der Waals surface area contributed by atoms with Crippen molar-refractivity contribution >= 4 is 5.97 Å². The van der Waals surface area contributed by atoms with Crippen LogP contribution in [0.4, 0.5) is 0 Å². The normalized spacial score (nSPS) is 45.9. The van der Waals surface area contributed by atoms with Crippen LogP contribution in [0.2, 0.25) is 0 Å². The molecule has 416 valence electrons. The molecule has 5 aliphatic heterocycles. The molecule has 32 heteroatoms. The second kappa shape index (κ2) is 26.8. The van der Waals surface area contributed by atoms with Crippen LogP contribution in [0, 0.1) is 0 Å². The number of hydrogen-bond donors (Lipinski definition) is 20. The maximum absolute atomic E-state index is 10.9. The number of carbonyl (C=O) groups is 1. The summed E-state index contributed by atoms with van der Waals surface area (Å²) in [5, 5.41) is 207. The van der Waals surface area contributed by atoms with E-state index < -0.39 is 217 Å². The second-order valence-electron chi connectivity index (χ2n) is 18.0. The van der Waals surface area contributed by atoms with Crippen LogP contribution in [0.3, 0.4) is 0 Å². The number of carboxylic acids is 1. The Bertz CT molecular complexity index is 1600. The zero-order valence-electron chi connectivity index (χ0n) is 37.9. The van der Waals surface area contributed by atoms with Crippen molar-refractivity contribution in [2.24, 2.45) is 0 Å². The highest BCUT2D eigenvalue weighted by atomic mass is 16.8. The number of aliphatic hydroxyl groups excluding tert-OH is 19. The van der Waals surface area contributed by atoms with E-state index in [9.17, 15) is 102 Å². The third-order valence-electron chi connectivity index (χ3n) is 12.7. The standard InChI is InChI=1S/C39H69NO31/c1-40(4-18(44)45)3-2-11(42)19(46)12(43)6-62-35-31(58)26(53)21(48)14(68-35)8-64-37-33(60)28(55)23(50)16(70-37)10-66-39-34(61)29(56)24(51)17(71-39)9-65-38-32(59)27(54)22(49)15(69-38)7-63-36-30(57)25(52)20(47)13(5-41)67-36/h11-17,19-39,41-43,46-61H,2-10H2,1H3,(H,44,45)/t11-,12-,13-,14-,15?,16?,17?,19+,20-,21-,22-,23-,24-,25+,26+,27+,28+,29+,30-,31-,32-,33-,34-,35?,36-,37-,38-,39-/m1/s1. The molecule has 0 saturated carbocycles. The van der Waals surface area contributed by atoms with Gasteiger partial charge in [0.1, 0.15) is 134 Å². The maximum Gasteiger partial charge on any atom is 0.317 e. The lowest BCUT2D eigenvalue weighted by Crippen LogP contribution is -2.63. The summed E-state index contributed by atoms with van der Waals surface area (Å²) in [6, 6.07) is 0. The summed E-state index contributed by atoms with van der Waals surface area (Å²) >= 11 is 0. The van der Waals surface area contributed by atoms with Gasteiger partial charge in [0.2, 0.25) is 0 Å². The zero-order valence-corrected chi connectivity index (χ0v) is 37.9. The van der Waals surface area contributed by atoms with Crippen molar-refractivity contribution in [2.75, 3.05) is 59.8 Å². The van der Waals surface area contributed by atoms with Gasteiger partial charge in [-0.05, 0) is 13.5 Å². The highest BCUT2D eigenvalue weighted by molar-refractivity contribution is 5.69. The number of aliphatic hydroxyl groups is 19. The number of rotatable bonds is 23. The molecule has 0 bridgehead atoms. The molecule has 5 rings (SSSR count). The maximum atomic E-state index is 10.9. The van der Waals surface area contributed by atoms with Gasteiger partial charge in [0.25, 0.3) is 0 Å². The molecule has 0 aromatic heterocycles. The molecular formula is C39H69NO31. The van der Waals surface area contributed by atoms with E-state index in [4.69, 9.17) is 52.5 Å². The monoisotopic (exact) mass is 1050 g/mol. The summed E-state index contributed by atoms with van der Waals surface area (Å²) in [6.07, 6.45) is -50.9. The average molecular weight is 1050 g/mol. The Morgan fingerprint density at radius 3 is 1.01 bits per heavy atom. The highest BCUT2D eigenvalue weighted by Crippen LogP contribution is 2.31. The molecule has 28 atom stereocenters. The Balaban J connectivity index is 1.12. The average Bonchev–Trinajstić information content (AvgIpc) is 3.34. The molecule has 4 unspecified atom stereocenters. The third-order valence-corrected chi connectivity index (χ3v) is 12.7. The van der Waals surface area contributed by atoms with E-state index in [0.29, 0.717) is 0 Å². The van der Waals surface area contributed by atoms with E-state index in [-0.39, 0.29) is 19.5 Å². The molecule has 5 fully saturated rings. The molecule has 71 heavy (non-hydrogen) atoms. The smallest absolute Gasteiger partial charge is 0.317 e. The van der Waals surface area contributed by atoms with Gasteiger partial charge < -0.3 is 149 Å². The SMILES string of the molecule is CN(CC[C@@H](O)[C@H](O)[C@H](O)COC1O[C@H](CO[C@@H]2OC(CO[C@@H]3OC(CO[C@@H]4OC(CO[C@@H]5O[C@H](CO)[C@@H](O)[C@H](O)[C@H]5O)[C@@H](O)[C@H](O)[C@H]4O)[C@@H](O)[C@H](O)[C@H]3O)[C@@H](O)[C@H](O)[C@H]2O)[C@@H](O)[C@H](O)[C@H]1O)CC(=O)O. The molecule has 0 aliphatic carbocycles. The van der Waals surface area contributed by atoms with Crippen LogP contribution in [0.1, 0.15) is 6.42 Å². The van der Waals surface area contributed by atoms with E-state index in [0.717, 1.165) is 0 Å². The number of nitrogens with zero attached hydrogens (tertiary/aromatic N) is 1. The molecule has 0 aromatic rings. The van der Waals surface area contributed by atoms with Crippen molar-refractivity contribution in [3.05, 3.63) is 0 Å². The predicted molar refractivity (Wildman–Crippen MR) is 218 cm³/mol. The highest BCUT2D eigenvalue weighted by Gasteiger charge is 2.52. The summed E-state index contributed by atoms with van der Waals surface area (Å²) in [4.78, 5) is 12.2. The molecular weight excluding hydrogens is 978 g/mol. The summed E-state index contributed by atoms with van der Waals surface area (Å²) in [5.74, 6) is -1.13. The summed E-state index contributed by atoms with van der Waals surface area (Å²) in [6.45, 7) is -4.98. The molecule has 0 amide bonds. The molecule has 0 radical (unpaired) electrons. The second-order valence-corrected chi connectivity index (χ2v) is 18.0. The minimum Gasteiger partial charge on any atom is -0.480 e. The van der Waals surface area contributed by atoms with Crippen molar-refractivity contribution in [2.45, 2.75) is 178 Å². The molecule has 32 nitrogen and oxygen atoms in total. The fourth-order valence-electron chi connectivity index (χ4n) is 8.11. The van der Waals surface area contributed by atoms with Gasteiger partial charge in [0.15, 0.2) is 31.5 Å². The fraction of sp³-hybridized carbons (Fsp3) is 0.974. The van der Waals surface area contributed by atoms with E-state index in [2.05, 4.69) is 0 Å². The Hall–Kier alpha value is -1.73. The lowest BCUT2D eigenvalue weighted by molar-refractivity contribution is -0.351. The number of aliphatic carboxylic acids is 1. The first-order valence-electron chi connectivity index (χ1n) is 22.5. The van der Waals surface area contributed by atoms with Gasteiger partial charge in [-0.1, -0.05) is 0 Å². The van der Waals surface area contributed by atoms with Gasteiger partial charge in [0, 0.05) is 6.54 Å². The molecule has 5 aliphatic rings. The van der Waals surface area contributed by atoms with E-state index in [1.54, 1.807) is 0 Å². The minimum atomic E-state index is -2.02. The van der Waals surface area contributed by atoms with Crippen LogP contribution in [-0.2, 0) is 52.2 Å². The Labute approximate surface area is 403 Å². The topological polar surface area (TPSA) is 517 Å². The number of hydrogen-bond acceptors (Lipinski definition) is 31. The Morgan fingerprint density at radius 2 is 0.718 bits per heavy atom. The summed E-state index contributed by atoms with van der Waals surface area (Å²) in [7, 11) is 1.45. The van der Waals surface area contributed by atoms with Crippen molar-refractivity contribution < 1.29 is 154 Å². The van der Waals surface area contributed by atoms with E-state index >= 15 is 0 Å². The lowest BCUT2D eigenvalue weighted by atomic mass is 9.97. The molecule has 20 N–H and O–H groups in total. The van der Waals surface area contributed by atoms with Gasteiger partial charge in [-0.3, -0.25) is 9.69 Å². The summed E-state index contributed by atoms with van der Waals surface area (Å²) < 4.78 is 54.7. The first kappa shape index (κ1) is 60.1. The van der Waals surface area contributed by atoms with Crippen LogP contribution >= 0.6 is 0 Å². The van der Waals surface area contributed by atoms with Crippen molar-refractivity contribution in [1.29, 1.82) is 0 Å². The van der Waals surface area contributed by atoms with Gasteiger partial charge in [0.05, 0.1) is 52.3 Å². The first-order chi connectivity index (χ1) is 33.4. The number of carboxylic acid groups (broad SMARTS) is 1. The molecule has 5 saturated heterocycles. The third kappa shape index (κ3) is 14.8. The largest absolute Gasteiger partial charge is 0.480 e. The molecule has 0 aromatic carbocycles. The van der Waals surface area contributed by atoms with E-state index in [1.807, 2.05) is 0 Å². The Morgan fingerprint density at radius 1 is 0.437 bits per heavy atom. The van der Waals surface area contributed by atoms with Crippen LogP contribution in [0.25, 0.3) is 0 Å². The van der Waals surface area contributed by atoms with Crippen molar-refractivity contribution in [3.8, 4) is 0 Å². The van der Waals surface area contributed by atoms with Gasteiger partial charge in [-0.15, -0.1) is 0 Å². The molecule has 5 heterocycles. The van der Waals surface area contributed by atoms with Gasteiger partial charge in [-0.25, -0.2) is 0 Å². The van der Waals surface area contributed by atoms with Crippen molar-refractivity contribution in [3.63, 3.8) is 0 Å².